The summed E-state index contributed by atoms with van der Waals surface area (Å²) in [6, 6.07) is 4.58. The van der Waals surface area contributed by atoms with Gasteiger partial charge in [0.1, 0.15) is 5.52 Å². The Kier molecular flexibility index (Phi) is 6.63. The molecule has 0 aliphatic carbocycles. The van der Waals surface area contributed by atoms with Crippen molar-refractivity contribution in [1.29, 1.82) is 0 Å². The smallest absolute Gasteiger partial charge is 0.257 e. The van der Waals surface area contributed by atoms with E-state index in [1.165, 1.54) is 16.4 Å². The first-order chi connectivity index (χ1) is 11.9. The van der Waals surface area contributed by atoms with Crippen LogP contribution in [0, 0.1) is 0 Å². The van der Waals surface area contributed by atoms with Crippen LogP contribution in [-0.2, 0) is 14.8 Å². The number of carbonyl (C=O) groups is 1. The zero-order chi connectivity index (χ0) is 18.4. The fourth-order valence-corrected chi connectivity index (χ4v) is 4.33. The number of oxazole rings is 1. The Labute approximate surface area is 151 Å². The Hall–Kier alpha value is -1.84. The van der Waals surface area contributed by atoms with Gasteiger partial charge in [0.25, 0.3) is 5.22 Å². The average Bonchev–Trinajstić information content (AvgIpc) is 3.01. The van der Waals surface area contributed by atoms with Gasteiger partial charge in [-0.15, -0.1) is 6.58 Å². The maximum Gasteiger partial charge on any atom is 0.257 e. The van der Waals surface area contributed by atoms with E-state index in [1.807, 2.05) is 0 Å². The Morgan fingerprint density at radius 3 is 2.76 bits per heavy atom. The summed E-state index contributed by atoms with van der Waals surface area (Å²) in [5.41, 5.74) is 0.926. The van der Waals surface area contributed by atoms with Gasteiger partial charge in [-0.2, -0.15) is 4.31 Å². The standard InChI is InChI=1S/C16H21N3O4S2/c1-4-9-17-15(20)11-24-16-18-13-10-12(7-8-14(13)23-16)25(21,22)19(5-2)6-3/h4,7-8,10H,1,5-6,9,11H2,2-3H3,(H,17,20). The molecule has 0 spiro atoms. The molecule has 0 unspecified atom stereocenters. The topological polar surface area (TPSA) is 92.5 Å². The Morgan fingerprint density at radius 2 is 2.12 bits per heavy atom. The van der Waals surface area contributed by atoms with Crippen LogP contribution in [0.5, 0.6) is 0 Å². The number of amides is 1. The molecule has 25 heavy (non-hydrogen) atoms. The van der Waals surface area contributed by atoms with Crippen molar-refractivity contribution < 1.29 is 17.6 Å². The van der Waals surface area contributed by atoms with Crippen molar-refractivity contribution in [3.63, 3.8) is 0 Å². The minimum atomic E-state index is -3.55. The van der Waals surface area contributed by atoms with Gasteiger partial charge >= 0.3 is 0 Å². The van der Waals surface area contributed by atoms with Crippen LogP contribution in [0.15, 0.2) is 45.4 Å². The van der Waals surface area contributed by atoms with Crippen LogP contribution >= 0.6 is 11.8 Å². The number of thioether (sulfide) groups is 1. The summed E-state index contributed by atoms with van der Waals surface area (Å²) >= 11 is 1.15. The van der Waals surface area contributed by atoms with Gasteiger partial charge in [-0.1, -0.05) is 31.7 Å². The maximum absolute atomic E-state index is 12.6. The lowest BCUT2D eigenvalue weighted by Crippen LogP contribution is -2.30. The Balaban J connectivity index is 2.19. The molecule has 1 amide bonds. The summed E-state index contributed by atoms with van der Waals surface area (Å²) in [4.78, 5) is 16.0. The van der Waals surface area contributed by atoms with E-state index < -0.39 is 10.0 Å². The molecule has 1 heterocycles. The molecule has 0 saturated carbocycles. The monoisotopic (exact) mass is 383 g/mol. The lowest BCUT2D eigenvalue weighted by Gasteiger charge is -2.18. The number of carbonyl (C=O) groups excluding carboxylic acids is 1. The van der Waals surface area contributed by atoms with E-state index in [-0.39, 0.29) is 16.6 Å². The molecule has 1 aromatic carbocycles. The summed E-state index contributed by atoms with van der Waals surface area (Å²) in [6.07, 6.45) is 1.60. The summed E-state index contributed by atoms with van der Waals surface area (Å²) in [6.45, 7) is 8.32. The number of fused-ring (bicyclic) bond motifs is 1. The largest absolute Gasteiger partial charge is 0.431 e. The fraction of sp³-hybridized carbons (Fsp3) is 0.375. The maximum atomic E-state index is 12.6. The number of sulfonamides is 1. The lowest BCUT2D eigenvalue weighted by atomic mass is 10.3. The van der Waals surface area contributed by atoms with Crippen molar-refractivity contribution in [2.75, 3.05) is 25.4 Å². The van der Waals surface area contributed by atoms with Crippen LogP contribution in [0.4, 0.5) is 0 Å². The van der Waals surface area contributed by atoms with E-state index in [9.17, 15) is 13.2 Å². The quantitative estimate of drug-likeness (QED) is 0.527. The normalized spacial score (nSPS) is 11.8. The van der Waals surface area contributed by atoms with Gasteiger partial charge < -0.3 is 9.73 Å². The zero-order valence-electron chi connectivity index (χ0n) is 14.2. The molecule has 0 aliphatic heterocycles. The molecule has 0 atom stereocenters. The van der Waals surface area contributed by atoms with Crippen LogP contribution in [-0.4, -0.2) is 49.0 Å². The lowest BCUT2D eigenvalue weighted by molar-refractivity contribution is -0.118. The van der Waals surface area contributed by atoms with Gasteiger partial charge in [0, 0.05) is 19.6 Å². The van der Waals surface area contributed by atoms with Gasteiger partial charge in [0.2, 0.25) is 15.9 Å². The van der Waals surface area contributed by atoms with E-state index in [0.29, 0.717) is 36.0 Å². The first-order valence-corrected chi connectivity index (χ1v) is 10.3. The van der Waals surface area contributed by atoms with Crippen LogP contribution in [0.2, 0.25) is 0 Å². The number of nitrogens with one attached hydrogen (secondary N) is 1. The van der Waals surface area contributed by atoms with E-state index in [0.717, 1.165) is 11.8 Å². The van der Waals surface area contributed by atoms with Gasteiger partial charge in [0.05, 0.1) is 10.6 Å². The third kappa shape index (κ3) is 4.62. The first kappa shape index (κ1) is 19.5. The van der Waals surface area contributed by atoms with Crippen molar-refractivity contribution in [2.45, 2.75) is 24.0 Å². The van der Waals surface area contributed by atoms with Crippen molar-refractivity contribution in [3.05, 3.63) is 30.9 Å². The number of benzene rings is 1. The van der Waals surface area contributed by atoms with Gasteiger partial charge in [-0.3, -0.25) is 4.79 Å². The molecular formula is C16H21N3O4S2. The molecule has 0 radical (unpaired) electrons. The van der Waals surface area contributed by atoms with Crippen LogP contribution in [0.25, 0.3) is 11.1 Å². The van der Waals surface area contributed by atoms with E-state index in [2.05, 4.69) is 16.9 Å². The number of aromatic nitrogens is 1. The third-order valence-corrected chi connectivity index (χ3v) is 6.33. The van der Waals surface area contributed by atoms with Crippen LogP contribution in [0.3, 0.4) is 0 Å². The van der Waals surface area contributed by atoms with Crippen LogP contribution < -0.4 is 5.32 Å². The molecular weight excluding hydrogens is 362 g/mol. The van der Waals surface area contributed by atoms with Crippen molar-refractivity contribution in [3.8, 4) is 0 Å². The Morgan fingerprint density at radius 1 is 1.40 bits per heavy atom. The molecule has 7 nitrogen and oxygen atoms in total. The summed E-state index contributed by atoms with van der Waals surface area (Å²) in [7, 11) is -3.55. The predicted molar refractivity (Wildman–Crippen MR) is 98.0 cm³/mol. The van der Waals surface area contributed by atoms with Crippen molar-refractivity contribution in [2.24, 2.45) is 0 Å². The minimum Gasteiger partial charge on any atom is -0.431 e. The number of hydrogen-bond donors (Lipinski definition) is 1. The summed E-state index contributed by atoms with van der Waals surface area (Å²) in [5, 5.41) is 2.98. The number of hydrogen-bond acceptors (Lipinski definition) is 6. The highest BCUT2D eigenvalue weighted by Gasteiger charge is 2.22. The molecule has 1 N–H and O–H groups in total. The molecule has 2 rings (SSSR count). The highest BCUT2D eigenvalue weighted by molar-refractivity contribution is 7.99. The third-order valence-electron chi connectivity index (χ3n) is 3.45. The molecule has 9 heteroatoms. The van der Waals surface area contributed by atoms with Gasteiger partial charge in [-0.25, -0.2) is 13.4 Å². The molecule has 0 saturated heterocycles. The van der Waals surface area contributed by atoms with Crippen molar-refractivity contribution >= 4 is 38.8 Å². The molecule has 136 valence electrons. The fourth-order valence-electron chi connectivity index (χ4n) is 2.19. The summed E-state index contributed by atoms with van der Waals surface area (Å²) < 4.78 is 32.1. The summed E-state index contributed by atoms with van der Waals surface area (Å²) in [5.74, 6) is 0.00240. The molecule has 2 aromatic rings. The van der Waals surface area contributed by atoms with Crippen molar-refractivity contribution in [1.82, 2.24) is 14.6 Å². The highest BCUT2D eigenvalue weighted by atomic mass is 32.2. The highest BCUT2D eigenvalue weighted by Crippen LogP contribution is 2.26. The molecule has 0 bridgehead atoms. The zero-order valence-corrected chi connectivity index (χ0v) is 15.8. The first-order valence-electron chi connectivity index (χ1n) is 7.83. The molecule has 0 fully saturated rings. The average molecular weight is 383 g/mol. The second kappa shape index (κ2) is 8.50. The molecule has 1 aromatic heterocycles. The van der Waals surface area contributed by atoms with Crippen LogP contribution in [0.1, 0.15) is 13.8 Å². The second-order valence-electron chi connectivity index (χ2n) is 5.08. The SMILES string of the molecule is C=CCNC(=O)CSc1nc2cc(S(=O)(=O)N(CC)CC)ccc2o1. The van der Waals surface area contributed by atoms with E-state index >= 15 is 0 Å². The minimum absolute atomic E-state index is 0.156. The van der Waals surface area contributed by atoms with E-state index in [1.54, 1.807) is 26.0 Å². The Bertz CT molecular complexity index is 857. The second-order valence-corrected chi connectivity index (χ2v) is 7.94. The van der Waals surface area contributed by atoms with Gasteiger partial charge in [-0.05, 0) is 18.2 Å². The number of nitrogens with zero attached hydrogens (tertiary/aromatic N) is 2. The number of rotatable bonds is 9. The van der Waals surface area contributed by atoms with Gasteiger partial charge in [0.15, 0.2) is 5.58 Å². The predicted octanol–water partition coefficient (Wildman–Crippen LogP) is 2.25. The van der Waals surface area contributed by atoms with E-state index in [4.69, 9.17) is 4.42 Å². The molecule has 0 aliphatic rings.